The number of amides is 1. The van der Waals surface area contributed by atoms with Crippen molar-refractivity contribution >= 4 is 34.5 Å². The largest absolute Gasteiger partial charge is 0.332 e. The van der Waals surface area contributed by atoms with Gasteiger partial charge in [-0.3, -0.25) is 27.9 Å². The third-order valence-electron chi connectivity index (χ3n) is 5.77. The second-order valence-electron chi connectivity index (χ2n) is 7.75. The molecule has 0 fully saturated rings. The highest BCUT2D eigenvalue weighted by atomic mass is 35.5. The van der Waals surface area contributed by atoms with Crippen molar-refractivity contribution in [2.45, 2.75) is 20.4 Å². The lowest BCUT2D eigenvalue weighted by Gasteiger charge is -2.14. The van der Waals surface area contributed by atoms with Crippen molar-refractivity contribution in [1.29, 1.82) is 5.26 Å². The van der Waals surface area contributed by atoms with Gasteiger partial charge in [0.1, 0.15) is 24.2 Å². The number of carbonyl (C=O) groups excluding carboxylic acids is 1. The number of nitrogens with one attached hydrogen (secondary N) is 1. The van der Waals surface area contributed by atoms with Crippen molar-refractivity contribution in [3.05, 3.63) is 73.0 Å². The molecule has 1 N–H and O–H groups in total. The lowest BCUT2D eigenvalue weighted by molar-refractivity contribution is -0.116. The molecule has 0 saturated carbocycles. The van der Waals surface area contributed by atoms with Crippen molar-refractivity contribution in [1.82, 2.24) is 23.3 Å². The van der Waals surface area contributed by atoms with E-state index in [1.54, 1.807) is 18.4 Å². The molecule has 4 rings (SSSR count). The molecular formula is C22H19ClFN7O3. The summed E-state index contributed by atoms with van der Waals surface area (Å²) in [5.41, 5.74) is 0.945. The fraction of sp³-hybridized carbons (Fsp3) is 0.227. The number of hydrogen-bond donors (Lipinski definition) is 1. The van der Waals surface area contributed by atoms with Crippen molar-refractivity contribution < 1.29 is 9.18 Å². The summed E-state index contributed by atoms with van der Waals surface area (Å²) in [4.78, 5) is 42.0. The predicted molar refractivity (Wildman–Crippen MR) is 124 cm³/mol. The number of hydrogen-bond acceptors (Lipinski definition) is 5. The van der Waals surface area contributed by atoms with Gasteiger partial charge in [-0.1, -0.05) is 0 Å². The van der Waals surface area contributed by atoms with Gasteiger partial charge in [-0.25, -0.2) is 9.18 Å². The summed E-state index contributed by atoms with van der Waals surface area (Å²) in [6.07, 6.45) is 0. The Balaban J connectivity index is 1.79. The van der Waals surface area contributed by atoms with Crippen LogP contribution in [0.4, 0.5) is 10.2 Å². The monoisotopic (exact) mass is 483 g/mol. The molecule has 0 aliphatic rings. The number of benzene rings is 1. The molecule has 0 radical (unpaired) electrons. The molecule has 0 spiro atoms. The van der Waals surface area contributed by atoms with Gasteiger partial charge in [0, 0.05) is 25.5 Å². The molecule has 0 saturated heterocycles. The number of carbonyl (C=O) groups is 1. The van der Waals surface area contributed by atoms with Crippen molar-refractivity contribution in [2.24, 2.45) is 14.1 Å². The number of nitriles is 1. The number of imidazole rings is 1. The van der Waals surface area contributed by atoms with E-state index in [0.29, 0.717) is 16.9 Å². The van der Waals surface area contributed by atoms with Crippen LogP contribution < -0.4 is 16.6 Å². The molecule has 0 aliphatic heterocycles. The van der Waals surface area contributed by atoms with Crippen molar-refractivity contribution in [3.63, 3.8) is 0 Å². The van der Waals surface area contributed by atoms with Crippen LogP contribution in [-0.2, 0) is 25.4 Å². The summed E-state index contributed by atoms with van der Waals surface area (Å²) in [6, 6.07) is 7.71. The summed E-state index contributed by atoms with van der Waals surface area (Å²) in [6.45, 7) is 3.12. The van der Waals surface area contributed by atoms with E-state index in [4.69, 9.17) is 11.6 Å². The van der Waals surface area contributed by atoms with Gasteiger partial charge in [-0.2, -0.15) is 10.2 Å². The maximum Gasteiger partial charge on any atom is 0.332 e. The highest BCUT2D eigenvalue weighted by molar-refractivity contribution is 6.29. The van der Waals surface area contributed by atoms with Crippen LogP contribution in [0.15, 0.2) is 33.9 Å². The number of aryl methyl sites for hydroxylation is 1. The maximum atomic E-state index is 13.5. The van der Waals surface area contributed by atoms with Gasteiger partial charge in [-0.15, -0.1) is 0 Å². The minimum Gasteiger partial charge on any atom is -0.309 e. The predicted octanol–water partition coefficient (Wildman–Crippen LogP) is 2.14. The van der Waals surface area contributed by atoms with Crippen LogP contribution in [0.5, 0.6) is 0 Å². The maximum absolute atomic E-state index is 13.5. The topological polar surface area (TPSA) is 120 Å². The first-order valence-electron chi connectivity index (χ1n) is 10.1. The van der Waals surface area contributed by atoms with Gasteiger partial charge in [0.05, 0.1) is 5.56 Å². The van der Waals surface area contributed by atoms with Gasteiger partial charge in [0.25, 0.3) is 5.56 Å². The van der Waals surface area contributed by atoms with Gasteiger partial charge in [-0.05, 0) is 55.3 Å². The second-order valence-corrected chi connectivity index (χ2v) is 8.09. The lowest BCUT2D eigenvalue weighted by atomic mass is 10.2. The molecule has 0 bridgehead atoms. The molecular weight excluding hydrogens is 465 g/mol. The van der Waals surface area contributed by atoms with E-state index < -0.39 is 29.5 Å². The third kappa shape index (κ3) is 3.48. The van der Waals surface area contributed by atoms with Gasteiger partial charge in [0.2, 0.25) is 11.2 Å². The number of fused-ring (bicyclic) bond motifs is 1. The standard InChI is InChI=1S/C22H19ClFN7O3/c1-11-12(2)31(14-7-5-13(24)6-8-14)18(15(11)9-25)26-16(32)10-30-17-19(27-21(30)23)28(3)22(34)29(4)20(17)33/h5-8H,10H2,1-4H3,(H,26,32). The first-order valence-corrected chi connectivity index (χ1v) is 10.4. The molecule has 4 aromatic rings. The average Bonchev–Trinajstić information content (AvgIpc) is 3.25. The molecule has 0 atom stereocenters. The molecule has 3 aromatic heterocycles. The number of anilines is 1. The molecule has 34 heavy (non-hydrogen) atoms. The minimum absolute atomic E-state index is 0.00784. The molecule has 1 amide bonds. The van der Waals surface area contributed by atoms with E-state index in [2.05, 4.69) is 16.4 Å². The van der Waals surface area contributed by atoms with E-state index in [0.717, 1.165) is 9.13 Å². The molecule has 12 heteroatoms. The summed E-state index contributed by atoms with van der Waals surface area (Å²) in [5, 5.41) is 12.3. The molecule has 1 aromatic carbocycles. The SMILES string of the molecule is Cc1c(C#N)c(NC(=O)Cn2c(Cl)nc3c2c(=O)n(C)c(=O)n3C)n(-c2ccc(F)cc2)c1C. The van der Waals surface area contributed by atoms with Crippen LogP contribution in [0, 0.1) is 31.0 Å². The Morgan fingerprint density at radius 2 is 1.82 bits per heavy atom. The zero-order chi connectivity index (χ0) is 24.9. The van der Waals surface area contributed by atoms with Crippen LogP contribution in [-0.4, -0.2) is 29.2 Å². The molecule has 0 aliphatic carbocycles. The highest BCUT2D eigenvalue weighted by Crippen LogP contribution is 2.30. The molecule has 10 nitrogen and oxygen atoms in total. The first-order chi connectivity index (χ1) is 16.1. The van der Waals surface area contributed by atoms with E-state index in [9.17, 15) is 24.0 Å². The number of rotatable bonds is 4. The quantitative estimate of drug-likeness (QED) is 0.446. The average molecular weight is 484 g/mol. The highest BCUT2D eigenvalue weighted by Gasteiger charge is 2.23. The summed E-state index contributed by atoms with van der Waals surface area (Å²) < 4.78 is 18.4. The zero-order valence-electron chi connectivity index (χ0n) is 18.7. The van der Waals surface area contributed by atoms with E-state index in [1.165, 1.54) is 42.9 Å². The summed E-state index contributed by atoms with van der Waals surface area (Å²) in [7, 11) is 2.76. The van der Waals surface area contributed by atoms with Gasteiger partial charge >= 0.3 is 5.69 Å². The smallest absolute Gasteiger partial charge is 0.309 e. The third-order valence-corrected chi connectivity index (χ3v) is 6.06. The first kappa shape index (κ1) is 23.0. The fourth-order valence-electron chi connectivity index (χ4n) is 3.85. The van der Waals surface area contributed by atoms with Crippen LogP contribution in [0.2, 0.25) is 5.28 Å². The van der Waals surface area contributed by atoms with E-state index >= 15 is 0 Å². The van der Waals surface area contributed by atoms with Crippen molar-refractivity contribution in [2.75, 3.05) is 5.32 Å². The Bertz CT molecular complexity index is 1640. The summed E-state index contributed by atoms with van der Waals surface area (Å²) in [5.74, 6) is -0.807. The Labute approximate surface area is 197 Å². The van der Waals surface area contributed by atoms with Crippen molar-refractivity contribution in [3.8, 4) is 11.8 Å². The number of nitrogens with zero attached hydrogens (tertiary/aromatic N) is 6. The minimum atomic E-state index is -0.649. The fourth-order valence-corrected chi connectivity index (χ4v) is 4.08. The molecule has 3 heterocycles. The molecule has 0 unspecified atom stereocenters. The normalized spacial score (nSPS) is 11.1. The van der Waals surface area contributed by atoms with Crippen LogP contribution in [0.1, 0.15) is 16.8 Å². The Morgan fingerprint density at radius 3 is 2.44 bits per heavy atom. The Kier molecular flexibility index (Phi) is 5.62. The Morgan fingerprint density at radius 1 is 1.18 bits per heavy atom. The van der Waals surface area contributed by atoms with Crippen LogP contribution >= 0.6 is 11.6 Å². The second kappa shape index (κ2) is 8.31. The van der Waals surface area contributed by atoms with Crippen LogP contribution in [0.25, 0.3) is 16.9 Å². The van der Waals surface area contributed by atoms with E-state index in [-0.39, 0.29) is 27.8 Å². The number of halogens is 2. The molecule has 174 valence electrons. The Hall–Kier alpha value is -4.17. The van der Waals surface area contributed by atoms with Crippen LogP contribution in [0.3, 0.4) is 0 Å². The van der Waals surface area contributed by atoms with E-state index in [1.807, 2.05) is 0 Å². The lowest BCUT2D eigenvalue weighted by Crippen LogP contribution is -2.37. The summed E-state index contributed by atoms with van der Waals surface area (Å²) >= 11 is 6.21. The van der Waals surface area contributed by atoms with Gasteiger partial charge < -0.3 is 5.32 Å². The number of aromatic nitrogens is 5. The zero-order valence-corrected chi connectivity index (χ0v) is 19.4. The van der Waals surface area contributed by atoms with Gasteiger partial charge in [0.15, 0.2) is 11.2 Å².